The van der Waals surface area contributed by atoms with Crippen LogP contribution in [0.15, 0.2) is 28.4 Å². The van der Waals surface area contributed by atoms with Crippen molar-refractivity contribution in [2.45, 2.75) is 30.8 Å². The molecule has 1 spiro atoms. The van der Waals surface area contributed by atoms with Crippen molar-refractivity contribution in [3.05, 3.63) is 23.8 Å². The number of amidine groups is 1. The summed E-state index contributed by atoms with van der Waals surface area (Å²) in [6, 6.07) is 4.98. The molecule has 0 bridgehead atoms. The van der Waals surface area contributed by atoms with Gasteiger partial charge in [-0.1, -0.05) is 0 Å². The zero-order valence-electron chi connectivity index (χ0n) is 16.4. The van der Waals surface area contributed by atoms with Crippen LogP contribution in [-0.2, 0) is 19.7 Å². The van der Waals surface area contributed by atoms with Crippen LogP contribution >= 0.6 is 11.8 Å². The Morgan fingerprint density at radius 2 is 2.04 bits per heavy atom. The molecule has 1 saturated heterocycles. The van der Waals surface area contributed by atoms with Crippen molar-refractivity contribution in [1.82, 2.24) is 4.90 Å². The SMILES string of the molecule is COC(=O)C1C[C@@]23C(=NN=C(SC)C2N(C)c2ccc(OC)cc23)N1C(C)=O. The average molecular weight is 402 g/mol. The summed E-state index contributed by atoms with van der Waals surface area (Å²) in [5, 5.41) is 9.70. The Balaban J connectivity index is 2.00. The van der Waals surface area contributed by atoms with E-state index in [0.29, 0.717) is 18.0 Å². The fourth-order valence-electron chi connectivity index (χ4n) is 4.75. The van der Waals surface area contributed by atoms with E-state index in [4.69, 9.17) is 9.47 Å². The quantitative estimate of drug-likeness (QED) is 0.700. The number of likely N-dealkylation sites (N-methyl/N-ethyl adjacent to an activating group) is 1. The number of ether oxygens (including phenoxy) is 2. The molecule has 9 heteroatoms. The first-order chi connectivity index (χ1) is 13.4. The van der Waals surface area contributed by atoms with E-state index < -0.39 is 17.4 Å². The number of nitrogens with zero attached hydrogens (tertiary/aromatic N) is 4. The molecule has 3 aliphatic heterocycles. The second kappa shape index (κ2) is 6.51. The predicted octanol–water partition coefficient (Wildman–Crippen LogP) is 1.63. The van der Waals surface area contributed by atoms with Crippen LogP contribution in [-0.4, -0.2) is 67.3 Å². The lowest BCUT2D eigenvalue weighted by Crippen LogP contribution is -2.54. The lowest BCUT2D eigenvalue weighted by molar-refractivity contribution is -0.148. The lowest BCUT2D eigenvalue weighted by atomic mass is 9.73. The number of likely N-dealkylation sites (tertiary alicyclic amines) is 1. The highest BCUT2D eigenvalue weighted by Crippen LogP contribution is 2.56. The molecule has 1 fully saturated rings. The first-order valence-electron chi connectivity index (χ1n) is 8.89. The summed E-state index contributed by atoms with van der Waals surface area (Å²) in [4.78, 5) is 28.7. The van der Waals surface area contributed by atoms with Gasteiger partial charge in [-0.25, -0.2) is 4.79 Å². The van der Waals surface area contributed by atoms with Gasteiger partial charge in [0, 0.05) is 19.7 Å². The Morgan fingerprint density at radius 1 is 1.29 bits per heavy atom. The number of benzene rings is 1. The maximum Gasteiger partial charge on any atom is 0.329 e. The average Bonchev–Trinajstić information content (AvgIpc) is 3.19. The number of fused-ring (bicyclic) bond motifs is 1. The summed E-state index contributed by atoms with van der Waals surface area (Å²) in [6.07, 6.45) is 2.34. The van der Waals surface area contributed by atoms with E-state index in [1.54, 1.807) is 7.11 Å². The van der Waals surface area contributed by atoms with Gasteiger partial charge in [0.05, 0.1) is 25.7 Å². The molecule has 0 N–H and O–H groups in total. The zero-order chi connectivity index (χ0) is 20.2. The van der Waals surface area contributed by atoms with Gasteiger partial charge in [-0.2, -0.15) is 0 Å². The first kappa shape index (κ1) is 18.8. The molecule has 28 heavy (non-hydrogen) atoms. The number of carbonyl (C=O) groups is 2. The van der Waals surface area contributed by atoms with Crippen LogP contribution in [0.5, 0.6) is 5.75 Å². The molecule has 0 aromatic heterocycles. The van der Waals surface area contributed by atoms with Crippen LogP contribution in [0.25, 0.3) is 0 Å². The highest BCUT2D eigenvalue weighted by molar-refractivity contribution is 8.13. The van der Waals surface area contributed by atoms with E-state index in [0.717, 1.165) is 16.3 Å². The molecule has 1 amide bonds. The van der Waals surface area contributed by atoms with E-state index in [1.807, 2.05) is 31.5 Å². The number of hydrogen-bond acceptors (Lipinski definition) is 8. The van der Waals surface area contributed by atoms with Gasteiger partial charge in [0.15, 0.2) is 0 Å². The molecular formula is C19H22N4O4S. The molecular weight excluding hydrogens is 380 g/mol. The molecule has 3 atom stereocenters. The molecule has 0 saturated carbocycles. The summed E-state index contributed by atoms with van der Waals surface area (Å²) in [6.45, 7) is 1.44. The van der Waals surface area contributed by atoms with Crippen LogP contribution < -0.4 is 9.64 Å². The molecule has 1 aromatic rings. The van der Waals surface area contributed by atoms with Crippen LogP contribution in [0.2, 0.25) is 0 Å². The van der Waals surface area contributed by atoms with E-state index in [9.17, 15) is 9.59 Å². The number of amides is 1. The normalized spacial score (nSPS) is 27.5. The second-order valence-electron chi connectivity index (χ2n) is 7.07. The van der Waals surface area contributed by atoms with Crippen LogP contribution in [0.3, 0.4) is 0 Å². The number of carbonyl (C=O) groups excluding carboxylic acids is 2. The maximum absolute atomic E-state index is 12.6. The minimum atomic E-state index is -0.745. The van der Waals surface area contributed by atoms with Gasteiger partial charge < -0.3 is 14.4 Å². The maximum atomic E-state index is 12.6. The van der Waals surface area contributed by atoms with E-state index >= 15 is 0 Å². The van der Waals surface area contributed by atoms with Gasteiger partial charge in [0.1, 0.15) is 22.7 Å². The number of thioether (sulfide) groups is 1. The third-order valence-corrected chi connectivity index (χ3v) is 6.59. The highest BCUT2D eigenvalue weighted by Gasteiger charge is 2.65. The lowest BCUT2D eigenvalue weighted by Gasteiger charge is -2.37. The summed E-state index contributed by atoms with van der Waals surface area (Å²) in [7, 11) is 4.96. The summed E-state index contributed by atoms with van der Waals surface area (Å²) in [5.41, 5.74) is 1.32. The molecule has 8 nitrogen and oxygen atoms in total. The fourth-order valence-corrected chi connectivity index (χ4v) is 5.45. The molecule has 1 aromatic carbocycles. The minimum Gasteiger partial charge on any atom is -0.497 e. The van der Waals surface area contributed by atoms with Gasteiger partial charge >= 0.3 is 5.97 Å². The van der Waals surface area contributed by atoms with E-state index in [-0.39, 0.29) is 11.9 Å². The first-order valence-corrected chi connectivity index (χ1v) is 10.1. The van der Waals surface area contributed by atoms with E-state index in [2.05, 4.69) is 15.1 Å². The van der Waals surface area contributed by atoms with Gasteiger partial charge in [-0.15, -0.1) is 22.0 Å². The third kappa shape index (κ3) is 2.25. The third-order valence-electron chi connectivity index (χ3n) is 5.87. The zero-order valence-corrected chi connectivity index (χ0v) is 17.2. The molecule has 0 radical (unpaired) electrons. The van der Waals surface area contributed by atoms with E-state index in [1.165, 1.54) is 30.7 Å². The van der Waals surface area contributed by atoms with Crippen molar-refractivity contribution in [2.24, 2.45) is 10.2 Å². The van der Waals surface area contributed by atoms with Crippen molar-refractivity contribution in [3.8, 4) is 5.75 Å². The predicted molar refractivity (Wildman–Crippen MR) is 108 cm³/mol. The topological polar surface area (TPSA) is 83.8 Å². The number of methoxy groups -OCH3 is 2. The molecule has 3 aliphatic rings. The van der Waals surface area contributed by atoms with Crippen LogP contribution in [0, 0.1) is 0 Å². The monoisotopic (exact) mass is 402 g/mol. The van der Waals surface area contributed by atoms with Crippen molar-refractivity contribution in [3.63, 3.8) is 0 Å². The fraction of sp³-hybridized carbons (Fsp3) is 0.474. The minimum absolute atomic E-state index is 0.159. The number of rotatable bonds is 2. The highest BCUT2D eigenvalue weighted by atomic mass is 32.2. The Morgan fingerprint density at radius 3 is 2.64 bits per heavy atom. The molecule has 3 heterocycles. The molecule has 0 aliphatic carbocycles. The summed E-state index contributed by atoms with van der Waals surface area (Å²) < 4.78 is 10.5. The van der Waals surface area contributed by atoms with Gasteiger partial charge in [0.25, 0.3) is 0 Å². The Bertz CT molecular complexity index is 931. The Hall–Kier alpha value is -2.55. The summed E-state index contributed by atoms with van der Waals surface area (Å²) >= 11 is 1.53. The van der Waals surface area contributed by atoms with Crippen molar-refractivity contribution in [2.75, 3.05) is 32.4 Å². The molecule has 4 rings (SSSR count). The summed E-state index contributed by atoms with van der Waals surface area (Å²) in [5.74, 6) is 0.499. The largest absolute Gasteiger partial charge is 0.497 e. The standard InChI is InChI=1S/C19H22N4O4S/c1-10(24)23-14(17(25)27-4)9-19-12-8-11(26-3)6-7-13(12)22(2)15(19)16(28-5)20-21-18(19)23/h6-8,14-15H,9H2,1-5H3/t14?,15?,19-/m0/s1. The molecule has 148 valence electrons. The smallest absolute Gasteiger partial charge is 0.329 e. The van der Waals surface area contributed by atoms with Gasteiger partial charge in [-0.05, 0) is 36.4 Å². The second-order valence-corrected chi connectivity index (χ2v) is 7.89. The van der Waals surface area contributed by atoms with Crippen LogP contribution in [0.4, 0.5) is 5.69 Å². The van der Waals surface area contributed by atoms with Gasteiger partial charge in [-0.3, -0.25) is 9.69 Å². The van der Waals surface area contributed by atoms with Crippen molar-refractivity contribution < 1.29 is 19.1 Å². The van der Waals surface area contributed by atoms with Crippen molar-refractivity contribution >= 4 is 40.2 Å². The van der Waals surface area contributed by atoms with Gasteiger partial charge in [0.2, 0.25) is 5.91 Å². The number of anilines is 1. The number of esters is 1. The van der Waals surface area contributed by atoms with Crippen molar-refractivity contribution in [1.29, 1.82) is 0 Å². The molecule has 2 unspecified atom stereocenters. The van der Waals surface area contributed by atoms with Crippen LogP contribution in [0.1, 0.15) is 18.9 Å². The Labute approximate surface area is 167 Å². The number of hydrogen-bond donors (Lipinski definition) is 0. The Kier molecular flexibility index (Phi) is 4.37.